The Morgan fingerprint density at radius 3 is 2.61 bits per heavy atom. The summed E-state index contributed by atoms with van der Waals surface area (Å²) in [4.78, 5) is 41.3. The summed E-state index contributed by atoms with van der Waals surface area (Å²) in [7, 11) is 0. The van der Waals surface area contributed by atoms with Gasteiger partial charge in [-0.25, -0.2) is 4.39 Å². The van der Waals surface area contributed by atoms with E-state index in [9.17, 15) is 18.8 Å². The van der Waals surface area contributed by atoms with Crippen molar-refractivity contribution in [3.63, 3.8) is 0 Å². The van der Waals surface area contributed by atoms with Gasteiger partial charge in [-0.2, -0.15) is 0 Å². The fraction of sp³-hybridized carbons (Fsp3) is 0.433. The minimum absolute atomic E-state index is 0.0670. The van der Waals surface area contributed by atoms with Gasteiger partial charge in [-0.15, -0.1) is 0 Å². The summed E-state index contributed by atoms with van der Waals surface area (Å²) >= 11 is 0. The molecule has 8 heteroatoms. The van der Waals surface area contributed by atoms with Gasteiger partial charge in [0.25, 0.3) is 11.8 Å². The molecule has 7 nitrogen and oxygen atoms in total. The van der Waals surface area contributed by atoms with Gasteiger partial charge in [0.1, 0.15) is 11.9 Å². The van der Waals surface area contributed by atoms with Crippen LogP contribution in [-0.4, -0.2) is 59.3 Å². The Hall–Kier alpha value is -3.68. The Kier molecular flexibility index (Phi) is 8.05. The number of amides is 3. The van der Waals surface area contributed by atoms with Crippen molar-refractivity contribution in [3.8, 4) is 0 Å². The molecule has 0 spiro atoms. The zero-order valence-electron chi connectivity index (χ0n) is 21.5. The third-order valence-electron chi connectivity index (χ3n) is 7.65. The number of halogens is 1. The van der Waals surface area contributed by atoms with Crippen molar-refractivity contribution in [1.82, 2.24) is 15.1 Å². The highest BCUT2D eigenvalue weighted by Crippen LogP contribution is 2.34. The molecule has 1 saturated carbocycles. The summed E-state index contributed by atoms with van der Waals surface area (Å²) in [6.07, 6.45) is 7.60. The highest BCUT2D eigenvalue weighted by molar-refractivity contribution is 5.97. The molecule has 1 N–H and O–H groups in total. The van der Waals surface area contributed by atoms with E-state index in [2.05, 4.69) is 5.32 Å². The molecule has 2 saturated heterocycles. The van der Waals surface area contributed by atoms with Gasteiger partial charge in [0.05, 0.1) is 6.04 Å². The number of hydrogen-bond acceptors (Lipinski definition) is 4. The minimum Gasteiger partial charge on any atom is -0.482 e. The molecule has 2 heterocycles. The normalized spacial score (nSPS) is 22.4. The average Bonchev–Trinajstić information content (AvgIpc) is 3.34. The summed E-state index contributed by atoms with van der Waals surface area (Å²) in [5.74, 6) is -0.296. The first kappa shape index (κ1) is 25.9. The summed E-state index contributed by atoms with van der Waals surface area (Å²) in [5.41, 5.74) is 1.76. The molecule has 0 aromatic heterocycles. The lowest BCUT2D eigenvalue weighted by Gasteiger charge is -2.44. The predicted molar refractivity (Wildman–Crippen MR) is 141 cm³/mol. The molecular weight excluding hydrogens is 485 g/mol. The van der Waals surface area contributed by atoms with Gasteiger partial charge in [-0.3, -0.25) is 14.4 Å². The largest absolute Gasteiger partial charge is 0.482 e. The number of likely N-dealkylation sites (tertiary alicyclic amines) is 1. The first-order valence-electron chi connectivity index (χ1n) is 13.6. The van der Waals surface area contributed by atoms with Gasteiger partial charge in [0.2, 0.25) is 5.91 Å². The molecule has 0 radical (unpaired) electrons. The first-order chi connectivity index (χ1) is 18.5. The van der Waals surface area contributed by atoms with Gasteiger partial charge in [-0.05, 0) is 61.9 Å². The van der Waals surface area contributed by atoms with Crippen LogP contribution in [0.1, 0.15) is 66.4 Å². The van der Waals surface area contributed by atoms with Crippen LogP contribution in [0.25, 0.3) is 6.08 Å². The number of morpholine rings is 1. The van der Waals surface area contributed by atoms with E-state index in [1.807, 2.05) is 4.90 Å². The predicted octanol–water partition coefficient (Wildman–Crippen LogP) is 4.28. The lowest BCUT2D eigenvalue weighted by Crippen LogP contribution is -2.54. The van der Waals surface area contributed by atoms with Gasteiger partial charge in [0.15, 0.2) is 5.76 Å². The monoisotopic (exact) mass is 519 g/mol. The first-order valence-corrected chi connectivity index (χ1v) is 13.6. The zero-order valence-corrected chi connectivity index (χ0v) is 21.5. The maximum atomic E-state index is 14.4. The van der Waals surface area contributed by atoms with Crippen LogP contribution in [0.5, 0.6) is 0 Å². The number of carbonyl (C=O) groups is 3. The summed E-state index contributed by atoms with van der Waals surface area (Å²) in [5, 5.41) is 2.90. The van der Waals surface area contributed by atoms with Crippen molar-refractivity contribution in [2.75, 3.05) is 19.6 Å². The number of rotatable bonds is 8. The number of carbonyl (C=O) groups excluding carboxylic acids is 3. The van der Waals surface area contributed by atoms with E-state index >= 15 is 0 Å². The standard InChI is InChI=1S/C30H34FN3O4/c31-24-8-2-1-7-23(24)20-34-25-9-3-4-10-26(25)38-27(30(34)37)19-21-12-14-22(15-13-21)29(36)32-16-6-18-33-17-5-11-28(33)35/h1-2,7-8,12-15,19,25-26H,3-6,9-11,16-18,20H2,(H,32,36)/b27-19-. The number of fused-ring (bicyclic) bond motifs is 1. The number of nitrogens with one attached hydrogen (secondary N) is 1. The number of hydrogen-bond donors (Lipinski definition) is 1. The van der Waals surface area contributed by atoms with Crippen molar-refractivity contribution in [1.29, 1.82) is 0 Å². The smallest absolute Gasteiger partial charge is 0.289 e. The topological polar surface area (TPSA) is 79.0 Å². The Morgan fingerprint density at radius 2 is 1.84 bits per heavy atom. The van der Waals surface area contributed by atoms with E-state index in [0.29, 0.717) is 37.1 Å². The SMILES string of the molecule is O=C(NCCCN1CCCC1=O)c1ccc(/C=C2\OC3CCCCC3N(Cc3ccccc3F)C2=O)cc1. The van der Waals surface area contributed by atoms with Crippen molar-refractivity contribution in [2.24, 2.45) is 0 Å². The fourth-order valence-corrected chi connectivity index (χ4v) is 5.57. The van der Waals surface area contributed by atoms with Crippen LogP contribution < -0.4 is 5.32 Å². The molecule has 200 valence electrons. The molecular formula is C30H34FN3O4. The Balaban J connectivity index is 1.23. The van der Waals surface area contributed by atoms with Gasteiger partial charge < -0.3 is 19.9 Å². The molecule has 2 aliphatic heterocycles. The lowest BCUT2D eigenvalue weighted by molar-refractivity contribution is -0.149. The third kappa shape index (κ3) is 5.90. The molecule has 5 rings (SSSR count). The van der Waals surface area contributed by atoms with E-state index in [4.69, 9.17) is 4.74 Å². The number of benzene rings is 2. The Morgan fingerprint density at radius 1 is 1.05 bits per heavy atom. The highest BCUT2D eigenvalue weighted by atomic mass is 19.1. The second-order valence-corrected chi connectivity index (χ2v) is 10.3. The minimum atomic E-state index is -0.317. The lowest BCUT2D eigenvalue weighted by atomic mass is 9.89. The molecule has 3 aliphatic rings. The zero-order chi connectivity index (χ0) is 26.5. The van der Waals surface area contributed by atoms with Crippen molar-refractivity contribution in [3.05, 3.63) is 76.8 Å². The van der Waals surface area contributed by atoms with Crippen LogP contribution in [0.4, 0.5) is 4.39 Å². The maximum absolute atomic E-state index is 14.4. The second kappa shape index (κ2) is 11.8. The number of nitrogens with zero attached hydrogens (tertiary/aromatic N) is 2. The molecule has 3 amide bonds. The van der Waals surface area contributed by atoms with Gasteiger partial charge >= 0.3 is 0 Å². The summed E-state index contributed by atoms with van der Waals surface area (Å²) < 4.78 is 20.6. The van der Waals surface area contributed by atoms with Crippen molar-refractivity contribution in [2.45, 2.75) is 63.6 Å². The molecule has 2 unspecified atom stereocenters. The molecule has 2 aromatic rings. The average molecular weight is 520 g/mol. The number of ether oxygens (including phenoxy) is 1. The third-order valence-corrected chi connectivity index (χ3v) is 7.65. The second-order valence-electron chi connectivity index (χ2n) is 10.3. The van der Waals surface area contributed by atoms with Crippen LogP contribution >= 0.6 is 0 Å². The van der Waals surface area contributed by atoms with Gasteiger partial charge in [-0.1, -0.05) is 36.8 Å². The van der Waals surface area contributed by atoms with Crippen LogP contribution in [0.2, 0.25) is 0 Å². The highest BCUT2D eigenvalue weighted by Gasteiger charge is 2.41. The molecule has 3 fully saturated rings. The summed E-state index contributed by atoms with van der Waals surface area (Å²) in [6.45, 7) is 2.17. The molecule has 38 heavy (non-hydrogen) atoms. The molecule has 0 bridgehead atoms. The van der Waals surface area contributed by atoms with E-state index in [1.54, 1.807) is 53.4 Å². The van der Waals surface area contributed by atoms with E-state index in [0.717, 1.165) is 44.2 Å². The summed E-state index contributed by atoms with van der Waals surface area (Å²) in [6, 6.07) is 13.5. The fourth-order valence-electron chi connectivity index (χ4n) is 5.57. The molecule has 2 aromatic carbocycles. The Bertz CT molecular complexity index is 1210. The van der Waals surface area contributed by atoms with E-state index in [1.165, 1.54) is 6.07 Å². The molecule has 2 atom stereocenters. The van der Waals surface area contributed by atoms with Crippen LogP contribution in [-0.2, 0) is 20.9 Å². The van der Waals surface area contributed by atoms with Crippen molar-refractivity contribution < 1.29 is 23.5 Å². The quantitative estimate of drug-likeness (QED) is 0.417. The van der Waals surface area contributed by atoms with Crippen LogP contribution in [0.3, 0.4) is 0 Å². The Labute approximate surface area is 222 Å². The van der Waals surface area contributed by atoms with Crippen LogP contribution in [0, 0.1) is 5.82 Å². The molecule has 1 aliphatic carbocycles. The van der Waals surface area contributed by atoms with Crippen LogP contribution in [0.15, 0.2) is 54.3 Å². The van der Waals surface area contributed by atoms with E-state index in [-0.39, 0.29) is 48.0 Å². The van der Waals surface area contributed by atoms with Crippen molar-refractivity contribution >= 4 is 23.8 Å². The maximum Gasteiger partial charge on any atom is 0.289 e. The van der Waals surface area contributed by atoms with Gasteiger partial charge in [0, 0.05) is 43.7 Å². The van der Waals surface area contributed by atoms with E-state index < -0.39 is 0 Å².